The number of hydrogen-bond donors (Lipinski definition) is 0. The van der Waals surface area contributed by atoms with Gasteiger partial charge in [-0.1, -0.05) is 5.16 Å². The van der Waals surface area contributed by atoms with E-state index >= 15 is 0 Å². The predicted molar refractivity (Wildman–Crippen MR) is 37.8 cm³/mol. The molecule has 58 valence electrons. The van der Waals surface area contributed by atoms with Crippen LogP contribution in [-0.2, 0) is 9.63 Å². The first-order chi connectivity index (χ1) is 5.24. The zero-order valence-electron chi connectivity index (χ0n) is 5.87. The van der Waals surface area contributed by atoms with Crippen molar-refractivity contribution in [2.45, 2.75) is 0 Å². The topological polar surface area (TPSA) is 38.7 Å². The Hall–Kier alpha value is -1.45. The van der Waals surface area contributed by atoms with Crippen LogP contribution < -0.4 is 0 Å². The number of allylic oxidation sites excluding steroid dienone is 4. The quantitative estimate of drug-likeness (QED) is 0.418. The summed E-state index contributed by atoms with van der Waals surface area (Å²) in [5.41, 5.74) is 0.296. The molecule has 0 saturated heterocycles. The molecule has 0 amide bonds. The second-order valence-electron chi connectivity index (χ2n) is 1.89. The minimum Gasteiger partial charge on any atom is -0.399 e. The first-order valence-electron chi connectivity index (χ1n) is 2.95. The Morgan fingerprint density at radius 2 is 2.27 bits per heavy atom. The SMILES string of the molecule is CO/N=C1\C=CC(=O)C(F)=C1. The number of carbonyl (C=O) groups excluding carboxylic acids is 1. The average Bonchev–Trinajstić information content (AvgIpc) is 1.98. The van der Waals surface area contributed by atoms with Crippen molar-refractivity contribution < 1.29 is 14.0 Å². The van der Waals surface area contributed by atoms with Gasteiger partial charge in [-0.3, -0.25) is 4.79 Å². The first kappa shape index (κ1) is 7.65. The van der Waals surface area contributed by atoms with Crippen molar-refractivity contribution in [3.8, 4) is 0 Å². The van der Waals surface area contributed by atoms with E-state index < -0.39 is 11.6 Å². The van der Waals surface area contributed by atoms with Crippen LogP contribution in [0.4, 0.5) is 4.39 Å². The number of carbonyl (C=O) groups is 1. The first-order valence-corrected chi connectivity index (χ1v) is 2.95. The lowest BCUT2D eigenvalue weighted by Crippen LogP contribution is -2.04. The zero-order valence-corrected chi connectivity index (χ0v) is 5.87. The molecule has 0 heterocycles. The molecular formula is C7H6FNO2. The molecule has 0 atom stereocenters. The summed E-state index contributed by atoms with van der Waals surface area (Å²) >= 11 is 0. The van der Waals surface area contributed by atoms with Crippen molar-refractivity contribution in [3.05, 3.63) is 24.1 Å². The molecular weight excluding hydrogens is 149 g/mol. The third-order valence-corrected chi connectivity index (χ3v) is 1.11. The summed E-state index contributed by atoms with van der Waals surface area (Å²) in [6.07, 6.45) is 3.51. The number of nitrogens with zero attached hydrogens (tertiary/aromatic N) is 1. The molecule has 0 aromatic rings. The van der Waals surface area contributed by atoms with Crippen molar-refractivity contribution in [1.82, 2.24) is 0 Å². The highest BCUT2D eigenvalue weighted by atomic mass is 19.1. The second kappa shape index (κ2) is 3.09. The maximum atomic E-state index is 12.5. The summed E-state index contributed by atoms with van der Waals surface area (Å²) in [6, 6.07) is 0. The van der Waals surface area contributed by atoms with E-state index in [2.05, 4.69) is 9.99 Å². The molecule has 0 aromatic heterocycles. The van der Waals surface area contributed by atoms with Gasteiger partial charge in [0.2, 0.25) is 5.78 Å². The van der Waals surface area contributed by atoms with Gasteiger partial charge in [0.25, 0.3) is 0 Å². The van der Waals surface area contributed by atoms with E-state index in [1.807, 2.05) is 0 Å². The van der Waals surface area contributed by atoms with Gasteiger partial charge in [0.05, 0.1) is 0 Å². The summed E-state index contributed by atoms with van der Waals surface area (Å²) in [5, 5.41) is 3.43. The molecule has 1 aliphatic rings. The van der Waals surface area contributed by atoms with Crippen molar-refractivity contribution in [1.29, 1.82) is 0 Å². The van der Waals surface area contributed by atoms with E-state index in [4.69, 9.17) is 0 Å². The maximum Gasteiger partial charge on any atom is 0.214 e. The van der Waals surface area contributed by atoms with Crippen LogP contribution in [0.15, 0.2) is 29.2 Å². The van der Waals surface area contributed by atoms with Crippen LogP contribution in [0.3, 0.4) is 0 Å². The van der Waals surface area contributed by atoms with E-state index in [9.17, 15) is 9.18 Å². The van der Waals surface area contributed by atoms with Gasteiger partial charge in [-0.25, -0.2) is 4.39 Å². The van der Waals surface area contributed by atoms with Crippen LogP contribution in [0.2, 0.25) is 0 Å². The molecule has 0 radical (unpaired) electrons. The lowest BCUT2D eigenvalue weighted by atomic mass is 10.1. The Balaban J connectivity index is 2.85. The lowest BCUT2D eigenvalue weighted by molar-refractivity contribution is -0.112. The van der Waals surface area contributed by atoms with Crippen LogP contribution in [0, 0.1) is 0 Å². The highest BCUT2D eigenvalue weighted by Gasteiger charge is 2.10. The highest BCUT2D eigenvalue weighted by molar-refractivity contribution is 6.18. The summed E-state index contributed by atoms with van der Waals surface area (Å²) in [4.78, 5) is 14.9. The fraction of sp³-hybridized carbons (Fsp3) is 0.143. The Bertz CT molecular complexity index is 266. The fourth-order valence-electron chi connectivity index (χ4n) is 0.652. The molecule has 1 rings (SSSR count). The summed E-state index contributed by atoms with van der Waals surface area (Å²) in [7, 11) is 1.35. The van der Waals surface area contributed by atoms with Crippen molar-refractivity contribution in [3.63, 3.8) is 0 Å². The standard InChI is InChI=1S/C7H6FNO2/c1-11-9-5-2-3-7(10)6(8)4-5/h2-4H,1H3/b9-5+. The van der Waals surface area contributed by atoms with Gasteiger partial charge in [0, 0.05) is 6.08 Å². The van der Waals surface area contributed by atoms with Crippen LogP contribution in [0.1, 0.15) is 0 Å². The summed E-state index contributed by atoms with van der Waals surface area (Å²) in [5.74, 6) is -1.46. The molecule has 0 unspecified atom stereocenters. The zero-order chi connectivity index (χ0) is 8.27. The molecule has 0 bridgehead atoms. The average molecular weight is 155 g/mol. The number of oxime groups is 1. The van der Waals surface area contributed by atoms with Crippen molar-refractivity contribution in [2.24, 2.45) is 5.16 Å². The van der Waals surface area contributed by atoms with Crippen molar-refractivity contribution >= 4 is 11.5 Å². The van der Waals surface area contributed by atoms with Gasteiger partial charge in [-0.15, -0.1) is 0 Å². The van der Waals surface area contributed by atoms with Gasteiger partial charge in [-0.05, 0) is 12.2 Å². The second-order valence-corrected chi connectivity index (χ2v) is 1.89. The molecule has 0 aliphatic heterocycles. The number of hydrogen-bond acceptors (Lipinski definition) is 3. The number of halogens is 1. The Labute approximate surface area is 62.8 Å². The number of ketones is 1. The molecule has 0 N–H and O–H groups in total. The lowest BCUT2D eigenvalue weighted by Gasteiger charge is -1.98. The van der Waals surface area contributed by atoms with Gasteiger partial charge in [0.1, 0.15) is 12.8 Å². The highest BCUT2D eigenvalue weighted by Crippen LogP contribution is 2.06. The smallest absolute Gasteiger partial charge is 0.214 e. The molecule has 0 aromatic carbocycles. The fourth-order valence-corrected chi connectivity index (χ4v) is 0.652. The van der Waals surface area contributed by atoms with Crippen LogP contribution in [0.5, 0.6) is 0 Å². The van der Waals surface area contributed by atoms with Crippen molar-refractivity contribution in [2.75, 3.05) is 7.11 Å². The Morgan fingerprint density at radius 3 is 2.82 bits per heavy atom. The van der Waals surface area contributed by atoms with Crippen LogP contribution in [-0.4, -0.2) is 18.6 Å². The van der Waals surface area contributed by atoms with E-state index in [-0.39, 0.29) is 0 Å². The third-order valence-electron chi connectivity index (χ3n) is 1.11. The molecule has 0 saturated carbocycles. The van der Waals surface area contributed by atoms with Crippen LogP contribution >= 0.6 is 0 Å². The van der Waals surface area contributed by atoms with Gasteiger partial charge < -0.3 is 4.84 Å². The predicted octanol–water partition coefficient (Wildman–Crippen LogP) is 0.981. The molecule has 4 heteroatoms. The molecule has 11 heavy (non-hydrogen) atoms. The van der Waals surface area contributed by atoms with E-state index in [0.717, 1.165) is 12.2 Å². The van der Waals surface area contributed by atoms with E-state index in [1.165, 1.54) is 13.2 Å². The minimum absolute atomic E-state index is 0.296. The monoisotopic (exact) mass is 155 g/mol. The van der Waals surface area contributed by atoms with Crippen LogP contribution in [0.25, 0.3) is 0 Å². The molecule has 3 nitrogen and oxygen atoms in total. The normalized spacial score (nSPS) is 20.4. The summed E-state index contributed by atoms with van der Waals surface area (Å²) in [6.45, 7) is 0. The maximum absolute atomic E-state index is 12.5. The molecule has 1 aliphatic carbocycles. The van der Waals surface area contributed by atoms with Gasteiger partial charge in [-0.2, -0.15) is 0 Å². The van der Waals surface area contributed by atoms with Gasteiger partial charge in [0.15, 0.2) is 5.83 Å². The minimum atomic E-state index is -0.816. The van der Waals surface area contributed by atoms with Gasteiger partial charge >= 0.3 is 0 Å². The van der Waals surface area contributed by atoms with E-state index in [0.29, 0.717) is 5.71 Å². The Kier molecular flexibility index (Phi) is 2.15. The summed E-state index contributed by atoms with van der Waals surface area (Å²) < 4.78 is 12.5. The molecule has 0 spiro atoms. The third kappa shape index (κ3) is 1.73. The molecule has 0 fully saturated rings. The Morgan fingerprint density at radius 1 is 1.55 bits per heavy atom. The van der Waals surface area contributed by atoms with E-state index in [1.54, 1.807) is 0 Å². The number of rotatable bonds is 1. The largest absolute Gasteiger partial charge is 0.399 e.